The standard InChI is InChI=1S/C20H25N3O4/c1-25-16-11-15(12-17(26-2)19(16)27-3)23-20(24)13-8-9-21-18(10-13)22-14-6-4-5-7-14/h8-12,14H,4-7H2,1-3H3,(H,21,22)(H,23,24). The number of carbonyl (C=O) groups is 1. The lowest BCUT2D eigenvalue weighted by Crippen LogP contribution is -2.17. The van der Waals surface area contributed by atoms with Crippen LogP contribution in [-0.4, -0.2) is 38.3 Å². The molecule has 0 aliphatic heterocycles. The van der Waals surface area contributed by atoms with Gasteiger partial charge in [-0.05, 0) is 25.0 Å². The molecule has 1 aliphatic rings. The molecule has 1 saturated carbocycles. The van der Waals surface area contributed by atoms with Crippen LogP contribution in [0.2, 0.25) is 0 Å². The van der Waals surface area contributed by atoms with Gasteiger partial charge in [0.1, 0.15) is 5.82 Å². The van der Waals surface area contributed by atoms with Gasteiger partial charge in [-0.1, -0.05) is 12.8 Å². The molecule has 2 N–H and O–H groups in total. The number of methoxy groups -OCH3 is 3. The third-order valence-corrected chi connectivity index (χ3v) is 4.65. The van der Waals surface area contributed by atoms with E-state index in [9.17, 15) is 4.79 Å². The summed E-state index contributed by atoms with van der Waals surface area (Å²) in [5.74, 6) is 1.92. The predicted octanol–water partition coefficient (Wildman–Crippen LogP) is 3.71. The number of pyridine rings is 1. The number of anilines is 2. The van der Waals surface area contributed by atoms with Crippen molar-refractivity contribution >= 4 is 17.4 Å². The van der Waals surface area contributed by atoms with E-state index in [0.29, 0.717) is 34.5 Å². The number of nitrogens with zero attached hydrogens (tertiary/aromatic N) is 1. The number of rotatable bonds is 7. The Bertz CT molecular complexity index is 779. The van der Waals surface area contributed by atoms with Crippen molar-refractivity contribution < 1.29 is 19.0 Å². The molecule has 0 unspecified atom stereocenters. The third kappa shape index (κ3) is 4.42. The van der Waals surface area contributed by atoms with Gasteiger partial charge in [0.2, 0.25) is 5.75 Å². The summed E-state index contributed by atoms with van der Waals surface area (Å²) >= 11 is 0. The van der Waals surface area contributed by atoms with Gasteiger partial charge in [-0.3, -0.25) is 4.79 Å². The van der Waals surface area contributed by atoms with Crippen LogP contribution < -0.4 is 24.8 Å². The summed E-state index contributed by atoms with van der Waals surface area (Å²) in [7, 11) is 4.61. The molecule has 0 radical (unpaired) electrons. The second-order valence-corrected chi connectivity index (χ2v) is 6.42. The number of aromatic nitrogens is 1. The van der Waals surface area contributed by atoms with Crippen molar-refractivity contribution in [1.82, 2.24) is 4.98 Å². The smallest absolute Gasteiger partial charge is 0.255 e. The van der Waals surface area contributed by atoms with E-state index < -0.39 is 0 Å². The lowest BCUT2D eigenvalue weighted by atomic mass is 10.2. The van der Waals surface area contributed by atoms with Crippen LogP contribution in [0.5, 0.6) is 17.2 Å². The Morgan fingerprint density at radius 1 is 1.04 bits per heavy atom. The highest BCUT2D eigenvalue weighted by atomic mass is 16.5. The fraction of sp³-hybridized carbons (Fsp3) is 0.400. The van der Waals surface area contributed by atoms with Gasteiger partial charge < -0.3 is 24.8 Å². The zero-order valence-corrected chi connectivity index (χ0v) is 15.9. The first-order valence-electron chi connectivity index (χ1n) is 8.98. The number of amides is 1. The van der Waals surface area contributed by atoms with Crippen LogP contribution >= 0.6 is 0 Å². The van der Waals surface area contributed by atoms with Crippen molar-refractivity contribution in [2.45, 2.75) is 31.7 Å². The van der Waals surface area contributed by atoms with E-state index in [2.05, 4.69) is 15.6 Å². The Hall–Kier alpha value is -2.96. The summed E-state index contributed by atoms with van der Waals surface area (Å²) in [6, 6.07) is 7.28. The molecule has 1 aromatic carbocycles. The molecular formula is C20H25N3O4. The first-order valence-corrected chi connectivity index (χ1v) is 8.98. The normalized spacial score (nSPS) is 13.9. The number of ether oxygens (including phenoxy) is 3. The van der Waals surface area contributed by atoms with Gasteiger partial charge in [0.15, 0.2) is 11.5 Å². The molecule has 7 nitrogen and oxygen atoms in total. The Balaban J connectivity index is 1.77. The minimum atomic E-state index is -0.235. The van der Waals surface area contributed by atoms with E-state index in [0.717, 1.165) is 18.7 Å². The summed E-state index contributed by atoms with van der Waals surface area (Å²) in [5.41, 5.74) is 1.08. The van der Waals surface area contributed by atoms with Crippen molar-refractivity contribution in [1.29, 1.82) is 0 Å². The summed E-state index contributed by atoms with van der Waals surface area (Å²) in [6.45, 7) is 0. The number of hydrogen-bond donors (Lipinski definition) is 2. The van der Waals surface area contributed by atoms with Gasteiger partial charge in [-0.2, -0.15) is 0 Å². The van der Waals surface area contributed by atoms with Crippen molar-refractivity contribution in [3.05, 3.63) is 36.0 Å². The fourth-order valence-electron chi connectivity index (χ4n) is 3.29. The zero-order valence-electron chi connectivity index (χ0n) is 15.9. The van der Waals surface area contributed by atoms with Crippen LogP contribution in [0.3, 0.4) is 0 Å². The largest absolute Gasteiger partial charge is 0.493 e. The second-order valence-electron chi connectivity index (χ2n) is 6.42. The molecule has 0 saturated heterocycles. The van der Waals surface area contributed by atoms with Gasteiger partial charge in [0, 0.05) is 35.6 Å². The minimum absolute atomic E-state index is 0.235. The molecule has 1 aliphatic carbocycles. The average molecular weight is 371 g/mol. The fourth-order valence-corrected chi connectivity index (χ4v) is 3.29. The molecule has 2 aromatic rings. The Labute approximate surface area is 159 Å². The maximum atomic E-state index is 12.7. The molecule has 144 valence electrons. The Kier molecular flexibility index (Phi) is 6.01. The van der Waals surface area contributed by atoms with Gasteiger partial charge in [0.25, 0.3) is 5.91 Å². The van der Waals surface area contributed by atoms with Crippen LogP contribution in [0, 0.1) is 0 Å². The van der Waals surface area contributed by atoms with E-state index in [1.807, 2.05) is 0 Å². The highest BCUT2D eigenvalue weighted by molar-refractivity contribution is 6.05. The van der Waals surface area contributed by atoms with Gasteiger partial charge in [-0.15, -0.1) is 0 Å². The van der Waals surface area contributed by atoms with Crippen molar-refractivity contribution in [2.24, 2.45) is 0 Å². The van der Waals surface area contributed by atoms with E-state index in [4.69, 9.17) is 14.2 Å². The van der Waals surface area contributed by atoms with E-state index in [1.54, 1.807) is 30.5 Å². The SMILES string of the molecule is COc1cc(NC(=O)c2ccnc(NC3CCCC3)c2)cc(OC)c1OC. The maximum absolute atomic E-state index is 12.7. The van der Waals surface area contributed by atoms with Crippen LogP contribution in [0.1, 0.15) is 36.0 Å². The maximum Gasteiger partial charge on any atom is 0.255 e. The van der Waals surface area contributed by atoms with Crippen LogP contribution in [0.15, 0.2) is 30.5 Å². The Morgan fingerprint density at radius 2 is 1.70 bits per heavy atom. The Morgan fingerprint density at radius 3 is 2.30 bits per heavy atom. The molecule has 1 aromatic heterocycles. The van der Waals surface area contributed by atoms with Crippen molar-refractivity contribution in [3.63, 3.8) is 0 Å². The number of carbonyl (C=O) groups excluding carboxylic acids is 1. The molecule has 1 fully saturated rings. The summed E-state index contributed by atoms with van der Waals surface area (Å²) in [4.78, 5) is 17.0. The molecular weight excluding hydrogens is 346 g/mol. The van der Waals surface area contributed by atoms with Gasteiger partial charge in [0.05, 0.1) is 21.3 Å². The lowest BCUT2D eigenvalue weighted by Gasteiger charge is -2.15. The van der Waals surface area contributed by atoms with Crippen LogP contribution in [0.4, 0.5) is 11.5 Å². The molecule has 1 amide bonds. The monoisotopic (exact) mass is 371 g/mol. The van der Waals surface area contributed by atoms with Gasteiger partial charge in [-0.25, -0.2) is 4.98 Å². The van der Waals surface area contributed by atoms with E-state index in [1.165, 1.54) is 34.2 Å². The molecule has 3 rings (SSSR count). The highest BCUT2D eigenvalue weighted by Gasteiger charge is 2.17. The molecule has 7 heteroatoms. The topological polar surface area (TPSA) is 81.7 Å². The highest BCUT2D eigenvalue weighted by Crippen LogP contribution is 2.40. The quantitative estimate of drug-likeness (QED) is 0.772. The average Bonchev–Trinajstić information content (AvgIpc) is 3.20. The summed E-state index contributed by atoms with van der Waals surface area (Å²) in [6.07, 6.45) is 6.40. The number of hydrogen-bond acceptors (Lipinski definition) is 6. The minimum Gasteiger partial charge on any atom is -0.493 e. The first-order chi connectivity index (χ1) is 13.1. The van der Waals surface area contributed by atoms with Gasteiger partial charge >= 0.3 is 0 Å². The molecule has 0 atom stereocenters. The molecule has 27 heavy (non-hydrogen) atoms. The molecule has 0 spiro atoms. The summed E-state index contributed by atoms with van der Waals surface area (Å²) < 4.78 is 16.0. The van der Waals surface area contributed by atoms with Crippen LogP contribution in [0.25, 0.3) is 0 Å². The molecule has 1 heterocycles. The number of nitrogens with one attached hydrogen (secondary N) is 2. The van der Waals surface area contributed by atoms with E-state index in [-0.39, 0.29) is 5.91 Å². The lowest BCUT2D eigenvalue weighted by molar-refractivity contribution is 0.102. The van der Waals surface area contributed by atoms with Crippen molar-refractivity contribution in [3.8, 4) is 17.2 Å². The van der Waals surface area contributed by atoms with E-state index >= 15 is 0 Å². The summed E-state index contributed by atoms with van der Waals surface area (Å²) in [5, 5.41) is 6.27. The zero-order chi connectivity index (χ0) is 19.2. The molecule has 0 bridgehead atoms. The predicted molar refractivity (Wildman–Crippen MR) is 104 cm³/mol. The second kappa shape index (κ2) is 8.62. The van der Waals surface area contributed by atoms with Crippen molar-refractivity contribution in [2.75, 3.05) is 32.0 Å². The third-order valence-electron chi connectivity index (χ3n) is 4.65. The number of benzene rings is 1. The van der Waals surface area contributed by atoms with Crippen LogP contribution in [-0.2, 0) is 0 Å². The first kappa shape index (κ1) is 18.8.